The molecule has 2 heterocycles. The molecule has 156 valence electrons. The number of benzene rings is 2. The van der Waals surface area contributed by atoms with Crippen molar-refractivity contribution >= 4 is 34.7 Å². The molecule has 0 spiro atoms. The van der Waals surface area contributed by atoms with Gasteiger partial charge in [0.2, 0.25) is 0 Å². The zero-order chi connectivity index (χ0) is 21.6. The van der Waals surface area contributed by atoms with Crippen LogP contribution in [0.4, 0.5) is 5.69 Å². The maximum absolute atomic E-state index is 12.6. The van der Waals surface area contributed by atoms with Gasteiger partial charge >= 0.3 is 0 Å². The fourth-order valence-electron chi connectivity index (χ4n) is 3.02. The standard InChI is InChI=1S/C24H21N3O2S2/c1-17-25-21(15-30-17)16-31-22-11-7-19(8-12-22)24(29)26-20-9-5-18(6-10-20)14-27-13-3-2-4-23(27)28/h2-13,15H,14,16H2,1H3,(H,26,29). The van der Waals surface area contributed by atoms with Gasteiger partial charge in [0, 0.05) is 39.5 Å². The van der Waals surface area contributed by atoms with E-state index >= 15 is 0 Å². The number of hydrogen-bond acceptors (Lipinski definition) is 5. The highest BCUT2D eigenvalue weighted by atomic mass is 32.2. The summed E-state index contributed by atoms with van der Waals surface area (Å²) in [5, 5.41) is 6.07. The van der Waals surface area contributed by atoms with Gasteiger partial charge in [-0.3, -0.25) is 9.59 Å². The topological polar surface area (TPSA) is 64.0 Å². The first kappa shape index (κ1) is 21.1. The van der Waals surface area contributed by atoms with Crippen molar-refractivity contribution in [2.45, 2.75) is 24.1 Å². The van der Waals surface area contributed by atoms with Crippen molar-refractivity contribution < 1.29 is 4.79 Å². The monoisotopic (exact) mass is 447 g/mol. The number of anilines is 1. The maximum atomic E-state index is 12.6. The summed E-state index contributed by atoms with van der Waals surface area (Å²) in [7, 11) is 0. The second-order valence-electron chi connectivity index (χ2n) is 6.99. The van der Waals surface area contributed by atoms with E-state index < -0.39 is 0 Å². The zero-order valence-electron chi connectivity index (χ0n) is 16.9. The van der Waals surface area contributed by atoms with Crippen molar-refractivity contribution in [1.29, 1.82) is 0 Å². The molecule has 0 saturated carbocycles. The molecule has 1 amide bonds. The largest absolute Gasteiger partial charge is 0.322 e. The molecule has 2 aromatic heterocycles. The average Bonchev–Trinajstić information content (AvgIpc) is 3.21. The Bertz CT molecular complexity index is 1230. The Labute approximate surface area is 188 Å². The molecule has 0 aliphatic carbocycles. The van der Waals surface area contributed by atoms with Crippen LogP contribution in [0.25, 0.3) is 0 Å². The normalized spacial score (nSPS) is 10.7. The van der Waals surface area contributed by atoms with E-state index in [0.717, 1.165) is 26.9 Å². The summed E-state index contributed by atoms with van der Waals surface area (Å²) in [5.41, 5.74) is 3.35. The van der Waals surface area contributed by atoms with Crippen LogP contribution in [0.2, 0.25) is 0 Å². The molecule has 1 N–H and O–H groups in total. The molecule has 0 fully saturated rings. The summed E-state index contributed by atoms with van der Waals surface area (Å²) in [5.74, 6) is 0.663. The summed E-state index contributed by atoms with van der Waals surface area (Å²) in [6.07, 6.45) is 1.76. The molecular formula is C24H21N3O2S2. The average molecular weight is 448 g/mol. The first-order valence-corrected chi connectivity index (χ1v) is 11.6. The molecule has 7 heteroatoms. The summed E-state index contributed by atoms with van der Waals surface area (Å²) < 4.78 is 1.64. The molecule has 4 rings (SSSR count). The molecular weight excluding hydrogens is 426 g/mol. The fourth-order valence-corrected chi connectivity index (χ4v) is 4.53. The van der Waals surface area contributed by atoms with Crippen molar-refractivity contribution in [2.24, 2.45) is 0 Å². The number of aromatic nitrogens is 2. The van der Waals surface area contributed by atoms with Gasteiger partial charge in [0.05, 0.1) is 17.2 Å². The molecule has 4 aromatic rings. The van der Waals surface area contributed by atoms with E-state index in [2.05, 4.69) is 15.7 Å². The first-order chi connectivity index (χ1) is 15.1. The molecule has 0 aliphatic rings. The van der Waals surface area contributed by atoms with E-state index in [1.807, 2.05) is 61.5 Å². The van der Waals surface area contributed by atoms with Crippen LogP contribution in [0.3, 0.4) is 0 Å². The number of thiazole rings is 1. The molecule has 0 aliphatic heterocycles. The first-order valence-electron chi connectivity index (χ1n) is 9.76. The smallest absolute Gasteiger partial charge is 0.255 e. The summed E-state index contributed by atoms with van der Waals surface area (Å²) in [4.78, 5) is 30.0. The van der Waals surface area contributed by atoms with Gasteiger partial charge < -0.3 is 9.88 Å². The predicted octanol–water partition coefficient (Wildman–Crippen LogP) is 5.21. The van der Waals surface area contributed by atoms with E-state index in [4.69, 9.17) is 0 Å². The van der Waals surface area contributed by atoms with Gasteiger partial charge in [-0.15, -0.1) is 23.1 Å². The van der Waals surface area contributed by atoms with Gasteiger partial charge in [0.1, 0.15) is 0 Å². The molecule has 0 bridgehead atoms. The van der Waals surface area contributed by atoms with E-state index in [9.17, 15) is 9.59 Å². The van der Waals surface area contributed by atoms with Gasteiger partial charge in [-0.05, 0) is 55.0 Å². The molecule has 2 aromatic carbocycles. The van der Waals surface area contributed by atoms with Gasteiger partial charge in [0.25, 0.3) is 11.5 Å². The third-order valence-corrected chi connectivity index (χ3v) is 6.50. The van der Waals surface area contributed by atoms with E-state index in [0.29, 0.717) is 17.8 Å². The number of hydrogen-bond donors (Lipinski definition) is 1. The fraction of sp³-hybridized carbons (Fsp3) is 0.125. The number of amides is 1. The molecule has 0 unspecified atom stereocenters. The highest BCUT2D eigenvalue weighted by Crippen LogP contribution is 2.24. The molecule has 0 atom stereocenters. The van der Waals surface area contributed by atoms with Crippen molar-refractivity contribution in [3.8, 4) is 0 Å². The summed E-state index contributed by atoms with van der Waals surface area (Å²) in [6.45, 7) is 2.50. The Kier molecular flexibility index (Phi) is 6.64. The van der Waals surface area contributed by atoms with E-state index in [1.165, 1.54) is 0 Å². The zero-order valence-corrected chi connectivity index (χ0v) is 18.6. The minimum absolute atomic E-state index is 0.0387. The van der Waals surface area contributed by atoms with E-state index in [1.54, 1.807) is 46.0 Å². The lowest BCUT2D eigenvalue weighted by molar-refractivity contribution is 0.102. The summed E-state index contributed by atoms with van der Waals surface area (Å²) in [6, 6.07) is 20.2. The van der Waals surface area contributed by atoms with Crippen LogP contribution in [-0.4, -0.2) is 15.5 Å². The second-order valence-corrected chi connectivity index (χ2v) is 9.10. The minimum Gasteiger partial charge on any atom is -0.322 e. The Balaban J connectivity index is 1.33. The number of carbonyl (C=O) groups excluding carboxylic acids is 1. The number of pyridine rings is 1. The molecule has 0 saturated heterocycles. The van der Waals surface area contributed by atoms with Crippen LogP contribution in [0, 0.1) is 6.92 Å². The number of thioether (sulfide) groups is 1. The molecule has 5 nitrogen and oxygen atoms in total. The Morgan fingerprint density at radius 1 is 1.06 bits per heavy atom. The Hall–Kier alpha value is -3.16. The number of aryl methyl sites for hydroxylation is 1. The number of nitrogens with one attached hydrogen (secondary N) is 1. The Morgan fingerprint density at radius 3 is 2.52 bits per heavy atom. The third-order valence-electron chi connectivity index (χ3n) is 4.63. The van der Waals surface area contributed by atoms with Crippen LogP contribution < -0.4 is 10.9 Å². The number of carbonyl (C=O) groups is 1. The van der Waals surface area contributed by atoms with Crippen molar-refractivity contribution in [3.63, 3.8) is 0 Å². The van der Waals surface area contributed by atoms with Crippen molar-refractivity contribution in [1.82, 2.24) is 9.55 Å². The van der Waals surface area contributed by atoms with Crippen LogP contribution in [-0.2, 0) is 12.3 Å². The van der Waals surface area contributed by atoms with Crippen molar-refractivity contribution in [2.75, 3.05) is 5.32 Å². The van der Waals surface area contributed by atoms with Gasteiger partial charge in [-0.25, -0.2) is 4.98 Å². The van der Waals surface area contributed by atoms with Crippen LogP contribution in [0.15, 0.2) is 88.0 Å². The van der Waals surface area contributed by atoms with Crippen molar-refractivity contribution in [3.05, 3.63) is 110 Å². The maximum Gasteiger partial charge on any atom is 0.255 e. The Morgan fingerprint density at radius 2 is 1.84 bits per heavy atom. The van der Waals surface area contributed by atoms with Crippen LogP contribution in [0.5, 0.6) is 0 Å². The van der Waals surface area contributed by atoms with Gasteiger partial charge in [-0.2, -0.15) is 0 Å². The number of nitrogens with zero attached hydrogens (tertiary/aromatic N) is 2. The van der Waals surface area contributed by atoms with Gasteiger partial charge in [-0.1, -0.05) is 18.2 Å². The van der Waals surface area contributed by atoms with Gasteiger partial charge in [0.15, 0.2) is 0 Å². The highest BCUT2D eigenvalue weighted by molar-refractivity contribution is 7.98. The third kappa shape index (κ3) is 5.71. The number of rotatable bonds is 7. The van der Waals surface area contributed by atoms with Crippen LogP contribution in [0.1, 0.15) is 26.6 Å². The van der Waals surface area contributed by atoms with E-state index in [-0.39, 0.29) is 11.5 Å². The molecule has 31 heavy (non-hydrogen) atoms. The molecule has 0 radical (unpaired) electrons. The highest BCUT2D eigenvalue weighted by Gasteiger charge is 2.07. The minimum atomic E-state index is -0.154. The lowest BCUT2D eigenvalue weighted by Crippen LogP contribution is -2.18. The quantitative estimate of drug-likeness (QED) is 0.395. The summed E-state index contributed by atoms with van der Waals surface area (Å²) >= 11 is 3.36. The lowest BCUT2D eigenvalue weighted by Gasteiger charge is -2.08. The SMILES string of the molecule is Cc1nc(CSc2ccc(C(=O)Nc3ccc(Cn4ccccc4=O)cc3)cc2)cs1. The second kappa shape index (κ2) is 9.76. The predicted molar refractivity (Wildman–Crippen MR) is 127 cm³/mol. The van der Waals surface area contributed by atoms with Crippen LogP contribution >= 0.6 is 23.1 Å². The lowest BCUT2D eigenvalue weighted by atomic mass is 10.1.